The number of hydrogen-bond acceptors (Lipinski definition) is 4. The lowest BCUT2D eigenvalue weighted by atomic mass is 10.1. The summed E-state index contributed by atoms with van der Waals surface area (Å²) in [6, 6.07) is 29.0. The number of nitro groups is 1. The molecule has 0 amide bonds. The van der Waals surface area contributed by atoms with Crippen molar-refractivity contribution < 1.29 is 9.66 Å². The molecule has 156 valence electrons. The lowest BCUT2D eigenvalue weighted by Crippen LogP contribution is -2.09. The number of nitrogens with zero attached hydrogens (tertiary/aromatic N) is 2. The molecular weight excluding hydrogens is 388 g/mol. The third-order valence-electron chi connectivity index (χ3n) is 5.15. The number of nitro benzene ring substituents is 1. The van der Waals surface area contributed by atoms with Crippen LogP contribution in [-0.4, -0.2) is 11.5 Å². The monoisotopic (exact) mass is 412 g/mol. The highest BCUT2D eigenvalue weighted by molar-refractivity contribution is 5.90. The largest absolute Gasteiger partial charge is 0.494 e. The fraction of sp³-hybridized carbons (Fsp3) is 0.154. The molecule has 31 heavy (non-hydrogen) atoms. The van der Waals surface area contributed by atoms with Gasteiger partial charge in [0.05, 0.1) is 11.5 Å². The van der Waals surface area contributed by atoms with Crippen molar-refractivity contribution in [3.63, 3.8) is 0 Å². The number of non-ortho nitro benzene ring substituents is 1. The van der Waals surface area contributed by atoms with Crippen LogP contribution in [0.2, 0.25) is 0 Å². The minimum absolute atomic E-state index is 0.0749. The molecule has 0 spiro atoms. The molecule has 0 N–H and O–H groups in total. The van der Waals surface area contributed by atoms with Crippen LogP contribution in [0.15, 0.2) is 91.0 Å². The Bertz CT molecular complexity index is 1170. The number of unbranched alkanes of at least 4 members (excludes halogenated alkanes) is 1. The van der Waals surface area contributed by atoms with Crippen LogP contribution in [0.4, 0.5) is 22.7 Å². The maximum atomic E-state index is 11.1. The van der Waals surface area contributed by atoms with Crippen LogP contribution in [0.5, 0.6) is 5.75 Å². The number of fused-ring (bicyclic) bond motifs is 1. The zero-order valence-electron chi connectivity index (χ0n) is 17.4. The summed E-state index contributed by atoms with van der Waals surface area (Å²) >= 11 is 0. The molecule has 0 bridgehead atoms. The van der Waals surface area contributed by atoms with Crippen molar-refractivity contribution >= 4 is 33.5 Å². The van der Waals surface area contributed by atoms with Crippen molar-refractivity contribution in [1.82, 2.24) is 0 Å². The highest BCUT2D eigenvalue weighted by atomic mass is 16.6. The van der Waals surface area contributed by atoms with E-state index in [0.29, 0.717) is 0 Å². The zero-order valence-corrected chi connectivity index (χ0v) is 17.4. The van der Waals surface area contributed by atoms with Crippen LogP contribution in [0.25, 0.3) is 10.8 Å². The zero-order chi connectivity index (χ0) is 21.6. The van der Waals surface area contributed by atoms with E-state index in [1.54, 1.807) is 12.1 Å². The maximum Gasteiger partial charge on any atom is 0.269 e. The first kappa shape index (κ1) is 20.4. The van der Waals surface area contributed by atoms with Crippen molar-refractivity contribution in [1.29, 1.82) is 0 Å². The van der Waals surface area contributed by atoms with E-state index in [9.17, 15) is 10.1 Å². The molecule has 0 aliphatic rings. The van der Waals surface area contributed by atoms with E-state index in [1.807, 2.05) is 36.4 Å². The summed E-state index contributed by atoms with van der Waals surface area (Å²) in [5, 5.41) is 13.3. The molecule has 5 heteroatoms. The third-order valence-corrected chi connectivity index (χ3v) is 5.15. The van der Waals surface area contributed by atoms with Crippen LogP contribution < -0.4 is 9.64 Å². The molecule has 0 unspecified atom stereocenters. The first-order chi connectivity index (χ1) is 15.2. The molecule has 0 heterocycles. The number of anilines is 3. The molecule has 4 rings (SSSR count). The molecule has 0 atom stereocenters. The highest BCUT2D eigenvalue weighted by Crippen LogP contribution is 2.37. The molecule has 4 aromatic carbocycles. The van der Waals surface area contributed by atoms with Gasteiger partial charge < -0.3 is 9.64 Å². The average molecular weight is 412 g/mol. The summed E-state index contributed by atoms with van der Waals surface area (Å²) < 4.78 is 5.84. The number of rotatable bonds is 8. The molecule has 0 radical (unpaired) electrons. The van der Waals surface area contributed by atoms with Gasteiger partial charge in [-0.25, -0.2) is 0 Å². The van der Waals surface area contributed by atoms with Crippen LogP contribution in [0.3, 0.4) is 0 Å². The van der Waals surface area contributed by atoms with Gasteiger partial charge in [0, 0.05) is 29.2 Å². The number of para-hydroxylation sites is 1. The van der Waals surface area contributed by atoms with Crippen LogP contribution in [0.1, 0.15) is 19.8 Å². The van der Waals surface area contributed by atoms with Crippen LogP contribution in [-0.2, 0) is 0 Å². The molecule has 0 aliphatic heterocycles. The second-order valence-electron chi connectivity index (χ2n) is 7.34. The van der Waals surface area contributed by atoms with E-state index in [-0.39, 0.29) is 10.6 Å². The maximum absolute atomic E-state index is 11.1. The summed E-state index contributed by atoms with van der Waals surface area (Å²) in [5.41, 5.74) is 2.89. The fourth-order valence-corrected chi connectivity index (χ4v) is 3.52. The minimum atomic E-state index is -0.382. The Morgan fingerprint density at radius 3 is 2.16 bits per heavy atom. The summed E-state index contributed by atoms with van der Waals surface area (Å²) in [7, 11) is 0. The predicted molar refractivity (Wildman–Crippen MR) is 126 cm³/mol. The predicted octanol–water partition coefficient (Wildman–Crippen LogP) is 7.40. The van der Waals surface area contributed by atoms with Gasteiger partial charge in [0.25, 0.3) is 5.69 Å². The number of ether oxygens (including phenoxy) is 1. The van der Waals surface area contributed by atoms with E-state index in [0.717, 1.165) is 53.0 Å². The van der Waals surface area contributed by atoms with Crippen molar-refractivity contribution in [2.45, 2.75) is 19.8 Å². The van der Waals surface area contributed by atoms with E-state index < -0.39 is 0 Å². The Hall–Kier alpha value is -3.86. The van der Waals surface area contributed by atoms with Gasteiger partial charge in [-0.2, -0.15) is 0 Å². The smallest absolute Gasteiger partial charge is 0.269 e. The number of hydrogen-bond donors (Lipinski definition) is 0. The normalized spacial score (nSPS) is 10.7. The van der Waals surface area contributed by atoms with Crippen molar-refractivity contribution in [3.05, 3.63) is 101 Å². The summed E-state index contributed by atoms with van der Waals surface area (Å²) in [6.45, 7) is 2.87. The Morgan fingerprint density at radius 2 is 1.45 bits per heavy atom. The van der Waals surface area contributed by atoms with E-state index in [1.165, 1.54) is 12.1 Å². The van der Waals surface area contributed by atoms with Gasteiger partial charge in [0.2, 0.25) is 0 Å². The fourth-order valence-electron chi connectivity index (χ4n) is 3.52. The van der Waals surface area contributed by atoms with Crippen LogP contribution >= 0.6 is 0 Å². The van der Waals surface area contributed by atoms with Crippen molar-refractivity contribution in [3.8, 4) is 5.75 Å². The van der Waals surface area contributed by atoms with Gasteiger partial charge in [0.1, 0.15) is 5.75 Å². The SMILES string of the molecule is CCCCOc1ccc2cc(N(c3ccccc3)c3ccc([N+](=O)[O-])cc3)ccc2c1. The Balaban J connectivity index is 1.72. The second kappa shape index (κ2) is 9.30. The Morgan fingerprint density at radius 1 is 0.806 bits per heavy atom. The standard InChI is InChI=1S/C26H24N2O3/c1-2-3-17-31-26-16-10-20-18-25(11-9-21(20)19-26)27(22-7-5-4-6-8-22)23-12-14-24(15-13-23)28(29)30/h4-16,18-19H,2-3,17H2,1H3. The molecule has 0 aliphatic carbocycles. The summed E-state index contributed by atoms with van der Waals surface area (Å²) in [6.07, 6.45) is 2.15. The Kier molecular flexibility index (Phi) is 6.13. The molecule has 4 aromatic rings. The average Bonchev–Trinajstić information content (AvgIpc) is 2.80. The third kappa shape index (κ3) is 4.67. The topological polar surface area (TPSA) is 55.6 Å². The van der Waals surface area contributed by atoms with E-state index in [4.69, 9.17) is 4.74 Å². The van der Waals surface area contributed by atoms with Crippen molar-refractivity contribution in [2.75, 3.05) is 11.5 Å². The molecule has 5 nitrogen and oxygen atoms in total. The van der Waals surface area contributed by atoms with Gasteiger partial charge in [-0.15, -0.1) is 0 Å². The molecule has 0 saturated heterocycles. The first-order valence-electron chi connectivity index (χ1n) is 10.4. The van der Waals surface area contributed by atoms with Gasteiger partial charge in [-0.05, 0) is 65.7 Å². The lowest BCUT2D eigenvalue weighted by Gasteiger charge is -2.25. The number of benzene rings is 4. The van der Waals surface area contributed by atoms with Gasteiger partial charge in [0.15, 0.2) is 0 Å². The van der Waals surface area contributed by atoms with Crippen LogP contribution in [0, 0.1) is 10.1 Å². The van der Waals surface area contributed by atoms with Gasteiger partial charge in [-0.1, -0.05) is 43.7 Å². The highest BCUT2D eigenvalue weighted by Gasteiger charge is 2.14. The van der Waals surface area contributed by atoms with Gasteiger partial charge >= 0.3 is 0 Å². The molecular formula is C26H24N2O3. The molecule has 0 aromatic heterocycles. The molecule has 0 fully saturated rings. The van der Waals surface area contributed by atoms with Gasteiger partial charge in [-0.3, -0.25) is 10.1 Å². The molecule has 0 saturated carbocycles. The van der Waals surface area contributed by atoms with E-state index >= 15 is 0 Å². The minimum Gasteiger partial charge on any atom is -0.494 e. The summed E-state index contributed by atoms with van der Waals surface area (Å²) in [5.74, 6) is 0.879. The summed E-state index contributed by atoms with van der Waals surface area (Å²) in [4.78, 5) is 12.8. The lowest BCUT2D eigenvalue weighted by molar-refractivity contribution is -0.384. The Labute approximate surface area is 181 Å². The first-order valence-corrected chi connectivity index (χ1v) is 10.4. The second-order valence-corrected chi connectivity index (χ2v) is 7.34. The quantitative estimate of drug-likeness (QED) is 0.172. The van der Waals surface area contributed by atoms with E-state index in [2.05, 4.69) is 42.2 Å². The van der Waals surface area contributed by atoms with Crippen molar-refractivity contribution in [2.24, 2.45) is 0 Å².